The average Bonchev–Trinajstić information content (AvgIpc) is 3.12. The number of aryl methyl sites for hydroxylation is 2. The quantitative estimate of drug-likeness (QED) is 0.681. The van der Waals surface area contributed by atoms with Crippen LogP contribution in [0.25, 0.3) is 0 Å². The Morgan fingerprint density at radius 2 is 1.70 bits per heavy atom. The normalized spacial score (nSPS) is 20.0. The van der Waals surface area contributed by atoms with E-state index in [9.17, 15) is 9.59 Å². The zero-order chi connectivity index (χ0) is 21.3. The van der Waals surface area contributed by atoms with Crippen LogP contribution in [0.3, 0.4) is 0 Å². The van der Waals surface area contributed by atoms with E-state index in [4.69, 9.17) is 16.3 Å². The van der Waals surface area contributed by atoms with Crippen LogP contribution in [-0.4, -0.2) is 42.5 Å². The van der Waals surface area contributed by atoms with Gasteiger partial charge in [-0.2, -0.15) is 0 Å². The second kappa shape index (κ2) is 8.68. The molecule has 2 aliphatic heterocycles. The Bertz CT molecular complexity index is 936. The van der Waals surface area contributed by atoms with Crippen LogP contribution in [0, 0.1) is 19.8 Å². The highest BCUT2D eigenvalue weighted by Gasteiger charge is 2.40. The van der Waals surface area contributed by atoms with E-state index in [1.165, 1.54) is 5.56 Å². The lowest BCUT2D eigenvalue weighted by molar-refractivity contribution is -0.141. The molecule has 158 valence electrons. The van der Waals surface area contributed by atoms with Crippen LogP contribution in [0.2, 0.25) is 5.02 Å². The maximum Gasteiger partial charge on any atom is 0.239 e. The number of hydrogen-bond acceptors (Lipinski definition) is 3. The highest BCUT2D eigenvalue weighted by molar-refractivity contribution is 6.30. The number of anilines is 1. The number of carbonyl (C=O) groups excluding carboxylic acids is 2. The number of likely N-dealkylation sites (tertiary alicyclic amines) is 1. The van der Waals surface area contributed by atoms with Gasteiger partial charge in [0, 0.05) is 43.2 Å². The Morgan fingerprint density at radius 1 is 1.00 bits per heavy atom. The number of benzene rings is 2. The van der Waals surface area contributed by atoms with Crippen LogP contribution in [0.15, 0.2) is 42.5 Å². The molecule has 0 saturated carbocycles. The van der Waals surface area contributed by atoms with Crippen molar-refractivity contribution in [3.8, 4) is 5.75 Å². The first-order chi connectivity index (χ1) is 14.4. The van der Waals surface area contributed by atoms with E-state index in [1.807, 2.05) is 24.0 Å². The molecule has 1 atom stereocenters. The molecule has 2 fully saturated rings. The van der Waals surface area contributed by atoms with Gasteiger partial charge in [-0.3, -0.25) is 9.59 Å². The molecule has 1 unspecified atom stereocenters. The van der Waals surface area contributed by atoms with Crippen molar-refractivity contribution in [2.45, 2.75) is 39.2 Å². The van der Waals surface area contributed by atoms with E-state index >= 15 is 0 Å². The standard InChI is InChI=1S/C24H27ClN2O3/c1-16-3-4-17(2)22(15-16)30-20-9-12-26(13-10-20)23(28)21-11-14-27(24(21)29)19-7-5-18(25)6-8-19/h3-8,15,20-21H,9-14H2,1-2H3. The Hall–Kier alpha value is -2.53. The van der Waals surface area contributed by atoms with Gasteiger partial charge in [0.05, 0.1) is 0 Å². The largest absolute Gasteiger partial charge is 0.490 e. The second-order valence-corrected chi connectivity index (χ2v) is 8.66. The molecule has 0 aliphatic carbocycles. The van der Waals surface area contributed by atoms with E-state index in [-0.39, 0.29) is 17.9 Å². The van der Waals surface area contributed by atoms with Crippen LogP contribution in [0.4, 0.5) is 5.69 Å². The van der Waals surface area contributed by atoms with Gasteiger partial charge in [0.2, 0.25) is 11.8 Å². The molecule has 0 radical (unpaired) electrons. The van der Waals surface area contributed by atoms with Crippen molar-refractivity contribution in [1.29, 1.82) is 0 Å². The fourth-order valence-corrected chi connectivity index (χ4v) is 4.34. The molecule has 0 bridgehead atoms. The van der Waals surface area contributed by atoms with Gasteiger partial charge in [0.15, 0.2) is 0 Å². The predicted octanol–water partition coefficient (Wildman–Crippen LogP) is 4.38. The monoisotopic (exact) mass is 426 g/mol. The first-order valence-electron chi connectivity index (χ1n) is 10.5. The lowest BCUT2D eigenvalue weighted by atomic mass is 10.0. The minimum absolute atomic E-state index is 0.0540. The van der Waals surface area contributed by atoms with Crippen LogP contribution < -0.4 is 9.64 Å². The van der Waals surface area contributed by atoms with Crippen molar-refractivity contribution < 1.29 is 14.3 Å². The summed E-state index contributed by atoms with van der Waals surface area (Å²) in [4.78, 5) is 29.4. The van der Waals surface area contributed by atoms with Crippen LogP contribution in [-0.2, 0) is 9.59 Å². The summed E-state index contributed by atoms with van der Waals surface area (Å²) >= 11 is 5.94. The third-order valence-electron chi connectivity index (χ3n) is 6.03. The minimum atomic E-state index is -0.586. The maximum atomic E-state index is 13.0. The molecule has 2 heterocycles. The zero-order valence-electron chi connectivity index (χ0n) is 17.4. The fourth-order valence-electron chi connectivity index (χ4n) is 4.21. The summed E-state index contributed by atoms with van der Waals surface area (Å²) in [7, 11) is 0. The topological polar surface area (TPSA) is 49.9 Å². The maximum absolute atomic E-state index is 13.0. The highest BCUT2D eigenvalue weighted by atomic mass is 35.5. The first kappa shape index (κ1) is 20.7. The van der Waals surface area contributed by atoms with Crippen molar-refractivity contribution in [3.05, 3.63) is 58.6 Å². The van der Waals surface area contributed by atoms with Gasteiger partial charge < -0.3 is 14.5 Å². The van der Waals surface area contributed by atoms with Gasteiger partial charge in [0.25, 0.3) is 0 Å². The molecule has 4 rings (SSSR count). The fraction of sp³-hybridized carbons (Fsp3) is 0.417. The number of rotatable bonds is 4. The molecule has 2 amide bonds. The molecule has 2 aliphatic rings. The molecule has 0 aromatic heterocycles. The Kier molecular flexibility index (Phi) is 6.00. The van der Waals surface area contributed by atoms with E-state index in [0.29, 0.717) is 31.1 Å². The van der Waals surface area contributed by atoms with Crippen LogP contribution >= 0.6 is 11.6 Å². The molecule has 2 aromatic rings. The Morgan fingerprint density at radius 3 is 2.40 bits per heavy atom. The first-order valence-corrected chi connectivity index (χ1v) is 10.9. The molecule has 30 heavy (non-hydrogen) atoms. The lowest BCUT2D eigenvalue weighted by Crippen LogP contribution is -2.46. The molecule has 2 aromatic carbocycles. The van der Waals surface area contributed by atoms with Crippen LogP contribution in [0.5, 0.6) is 5.75 Å². The molecule has 0 N–H and O–H groups in total. The van der Waals surface area contributed by atoms with Gasteiger partial charge >= 0.3 is 0 Å². The third-order valence-corrected chi connectivity index (χ3v) is 6.28. The van der Waals surface area contributed by atoms with Crippen molar-refractivity contribution in [2.75, 3.05) is 24.5 Å². The highest BCUT2D eigenvalue weighted by Crippen LogP contribution is 2.29. The SMILES string of the molecule is Cc1ccc(C)c(OC2CCN(C(=O)C3CCN(c4ccc(Cl)cc4)C3=O)CC2)c1. The summed E-state index contributed by atoms with van der Waals surface area (Å²) in [6.45, 7) is 5.91. The van der Waals surface area contributed by atoms with Gasteiger partial charge in [-0.25, -0.2) is 0 Å². The van der Waals surface area contributed by atoms with Crippen molar-refractivity contribution >= 4 is 29.1 Å². The average molecular weight is 427 g/mol. The smallest absolute Gasteiger partial charge is 0.239 e. The number of nitrogens with zero attached hydrogens (tertiary/aromatic N) is 2. The number of hydrogen-bond donors (Lipinski definition) is 0. The summed E-state index contributed by atoms with van der Waals surface area (Å²) in [6, 6.07) is 13.4. The van der Waals surface area contributed by atoms with E-state index in [0.717, 1.165) is 29.8 Å². The number of halogens is 1. The minimum Gasteiger partial charge on any atom is -0.490 e. The van der Waals surface area contributed by atoms with Gasteiger partial charge in [-0.1, -0.05) is 23.7 Å². The van der Waals surface area contributed by atoms with Gasteiger partial charge in [-0.05, 0) is 61.7 Å². The third kappa shape index (κ3) is 4.31. The predicted molar refractivity (Wildman–Crippen MR) is 118 cm³/mol. The summed E-state index contributed by atoms with van der Waals surface area (Å²) in [6.07, 6.45) is 2.21. The van der Waals surface area contributed by atoms with Crippen molar-refractivity contribution in [1.82, 2.24) is 4.90 Å². The summed E-state index contributed by atoms with van der Waals surface area (Å²) in [5, 5.41) is 0.629. The molecule has 6 heteroatoms. The lowest BCUT2D eigenvalue weighted by Gasteiger charge is -2.33. The Balaban J connectivity index is 1.33. The number of piperidine rings is 1. The van der Waals surface area contributed by atoms with E-state index in [2.05, 4.69) is 25.1 Å². The molecular formula is C24H27ClN2O3. The molecule has 5 nitrogen and oxygen atoms in total. The summed E-state index contributed by atoms with van der Waals surface area (Å²) in [5.41, 5.74) is 3.09. The van der Waals surface area contributed by atoms with Crippen molar-refractivity contribution in [3.63, 3.8) is 0 Å². The summed E-state index contributed by atoms with van der Waals surface area (Å²) < 4.78 is 6.20. The molecular weight excluding hydrogens is 400 g/mol. The van der Waals surface area contributed by atoms with Crippen molar-refractivity contribution in [2.24, 2.45) is 5.92 Å². The van der Waals surface area contributed by atoms with E-state index in [1.54, 1.807) is 17.0 Å². The Labute approximate surface area is 182 Å². The van der Waals surface area contributed by atoms with Gasteiger partial charge in [0.1, 0.15) is 17.8 Å². The number of ether oxygens (including phenoxy) is 1. The van der Waals surface area contributed by atoms with Crippen LogP contribution in [0.1, 0.15) is 30.4 Å². The van der Waals surface area contributed by atoms with E-state index < -0.39 is 5.92 Å². The summed E-state index contributed by atoms with van der Waals surface area (Å²) in [5.74, 6) is 0.166. The molecule has 2 saturated heterocycles. The molecule has 0 spiro atoms. The zero-order valence-corrected chi connectivity index (χ0v) is 18.2. The van der Waals surface area contributed by atoms with Gasteiger partial charge in [-0.15, -0.1) is 0 Å². The number of amides is 2. The second-order valence-electron chi connectivity index (χ2n) is 8.22. The number of carbonyl (C=O) groups is 2.